The largest absolute Gasteiger partial charge is 0.481 e. The summed E-state index contributed by atoms with van der Waals surface area (Å²) in [6, 6.07) is 0. The van der Waals surface area contributed by atoms with Crippen LogP contribution in [0, 0.1) is 0 Å². The molecule has 0 bridgehead atoms. The van der Waals surface area contributed by atoms with Crippen molar-refractivity contribution in [1.82, 2.24) is 10.2 Å². The van der Waals surface area contributed by atoms with Crippen LogP contribution >= 0.6 is 23.1 Å². The molecule has 1 heterocycles. The Morgan fingerprint density at radius 3 is 2.89 bits per heavy atom. The third-order valence-corrected chi connectivity index (χ3v) is 3.59. The lowest BCUT2D eigenvalue weighted by atomic mass is 10.6. The molecular weight excluding hydrogens is 294 g/mol. The van der Waals surface area contributed by atoms with Crippen LogP contribution in [0.3, 0.4) is 0 Å². The van der Waals surface area contributed by atoms with Crippen LogP contribution < -0.4 is 5.32 Å². The lowest BCUT2D eigenvalue weighted by molar-refractivity contribution is -0.133. The van der Waals surface area contributed by atoms with Gasteiger partial charge in [0.05, 0.1) is 19.0 Å². The number of carboxylic acid groups (broad SMARTS) is 1. The van der Waals surface area contributed by atoms with E-state index in [0.717, 1.165) is 23.1 Å². The third kappa shape index (κ3) is 7.06. The van der Waals surface area contributed by atoms with Crippen molar-refractivity contribution in [3.63, 3.8) is 0 Å². The van der Waals surface area contributed by atoms with Crippen molar-refractivity contribution in [2.45, 2.75) is 4.34 Å². The molecule has 1 rings (SSSR count). The maximum absolute atomic E-state index is 11.4. The molecule has 0 aliphatic rings. The van der Waals surface area contributed by atoms with Crippen LogP contribution in [0.5, 0.6) is 0 Å². The predicted molar refractivity (Wildman–Crippen MR) is 69.6 cm³/mol. The van der Waals surface area contributed by atoms with Crippen LogP contribution in [0.15, 0.2) is 4.34 Å². The highest BCUT2D eigenvalue weighted by atomic mass is 32.2. The van der Waals surface area contributed by atoms with Gasteiger partial charge in [-0.15, -0.1) is 10.2 Å². The van der Waals surface area contributed by atoms with E-state index >= 15 is 0 Å². The Morgan fingerprint density at radius 1 is 1.42 bits per heavy atom. The van der Waals surface area contributed by atoms with Gasteiger partial charge in [-0.2, -0.15) is 0 Å². The van der Waals surface area contributed by atoms with Crippen molar-refractivity contribution in [3.8, 4) is 0 Å². The molecule has 106 valence electrons. The molecule has 2 N–H and O–H groups in total. The summed E-state index contributed by atoms with van der Waals surface area (Å²) in [6.07, 6.45) is 0. The third-order valence-electron chi connectivity index (χ3n) is 1.64. The molecule has 1 aromatic rings. The van der Waals surface area contributed by atoms with E-state index in [-0.39, 0.29) is 18.3 Å². The van der Waals surface area contributed by atoms with Gasteiger partial charge in [-0.25, -0.2) is 0 Å². The number of ether oxygens (including phenoxy) is 2. The number of anilines is 1. The van der Waals surface area contributed by atoms with E-state index in [2.05, 4.69) is 15.5 Å². The standard InChI is InChI=1S/C9H13N3O5S2/c1-16-2-3-17-4-6(13)10-8-11-12-9(19-8)18-5-7(14)15/h2-5H2,1H3,(H,14,15)(H,10,11,13). The number of rotatable bonds is 9. The van der Waals surface area contributed by atoms with Gasteiger partial charge in [-0.1, -0.05) is 23.1 Å². The summed E-state index contributed by atoms with van der Waals surface area (Å²) in [6.45, 7) is 0.655. The van der Waals surface area contributed by atoms with E-state index in [1.807, 2.05) is 0 Å². The molecule has 8 nitrogen and oxygen atoms in total. The second-order valence-electron chi connectivity index (χ2n) is 3.15. The zero-order chi connectivity index (χ0) is 14.1. The van der Waals surface area contributed by atoms with E-state index in [0.29, 0.717) is 22.7 Å². The average molecular weight is 307 g/mol. The highest BCUT2D eigenvalue weighted by Crippen LogP contribution is 2.25. The van der Waals surface area contributed by atoms with Crippen LogP contribution in [0.4, 0.5) is 5.13 Å². The SMILES string of the molecule is COCCOCC(=O)Nc1nnc(SCC(=O)O)s1. The molecule has 0 saturated heterocycles. The van der Waals surface area contributed by atoms with Crippen LogP contribution in [-0.2, 0) is 19.1 Å². The fourth-order valence-corrected chi connectivity index (χ4v) is 2.39. The van der Waals surface area contributed by atoms with Crippen molar-refractivity contribution in [1.29, 1.82) is 0 Å². The molecule has 0 aromatic carbocycles. The lowest BCUT2D eigenvalue weighted by Gasteiger charge is -2.02. The van der Waals surface area contributed by atoms with E-state index < -0.39 is 5.97 Å². The first-order chi connectivity index (χ1) is 9.11. The molecule has 0 spiro atoms. The van der Waals surface area contributed by atoms with Crippen LogP contribution in [0.1, 0.15) is 0 Å². The lowest BCUT2D eigenvalue weighted by Crippen LogP contribution is -2.19. The summed E-state index contributed by atoms with van der Waals surface area (Å²) in [5.41, 5.74) is 0. The number of hydrogen-bond acceptors (Lipinski definition) is 8. The molecule has 19 heavy (non-hydrogen) atoms. The number of nitrogens with one attached hydrogen (secondary N) is 1. The van der Waals surface area contributed by atoms with Crippen LogP contribution in [0.25, 0.3) is 0 Å². The van der Waals surface area contributed by atoms with Crippen molar-refractivity contribution < 1.29 is 24.2 Å². The van der Waals surface area contributed by atoms with Gasteiger partial charge >= 0.3 is 5.97 Å². The molecule has 0 radical (unpaired) electrons. The van der Waals surface area contributed by atoms with Gasteiger partial charge in [0.2, 0.25) is 5.13 Å². The Kier molecular flexibility index (Phi) is 7.33. The molecule has 0 fully saturated rings. The summed E-state index contributed by atoms with van der Waals surface area (Å²) in [7, 11) is 1.54. The van der Waals surface area contributed by atoms with E-state index in [1.165, 1.54) is 0 Å². The van der Waals surface area contributed by atoms with Gasteiger partial charge in [0.25, 0.3) is 5.91 Å². The zero-order valence-electron chi connectivity index (χ0n) is 10.1. The van der Waals surface area contributed by atoms with Crippen molar-refractivity contribution in [2.75, 3.05) is 38.0 Å². The summed E-state index contributed by atoms with van der Waals surface area (Å²) in [4.78, 5) is 21.8. The molecule has 1 aromatic heterocycles. The van der Waals surface area contributed by atoms with E-state index in [1.54, 1.807) is 7.11 Å². The Labute approximate surface area is 117 Å². The van der Waals surface area contributed by atoms with E-state index in [9.17, 15) is 9.59 Å². The van der Waals surface area contributed by atoms with Crippen molar-refractivity contribution in [3.05, 3.63) is 0 Å². The van der Waals surface area contributed by atoms with Crippen molar-refractivity contribution >= 4 is 40.1 Å². The first-order valence-electron chi connectivity index (χ1n) is 5.16. The van der Waals surface area contributed by atoms with Crippen molar-refractivity contribution in [2.24, 2.45) is 0 Å². The fourth-order valence-electron chi connectivity index (χ4n) is 0.905. The highest BCUT2D eigenvalue weighted by molar-refractivity contribution is 8.01. The molecule has 0 saturated carbocycles. The fraction of sp³-hybridized carbons (Fsp3) is 0.556. The second-order valence-corrected chi connectivity index (χ2v) is 5.35. The number of hydrogen-bond donors (Lipinski definition) is 2. The number of carbonyl (C=O) groups is 2. The van der Waals surface area contributed by atoms with Gasteiger partial charge < -0.3 is 14.6 Å². The predicted octanol–water partition coefficient (Wildman–Crippen LogP) is 0.316. The summed E-state index contributed by atoms with van der Waals surface area (Å²) in [5.74, 6) is -1.37. The monoisotopic (exact) mass is 307 g/mol. The number of nitrogens with zero attached hydrogens (tertiary/aromatic N) is 2. The van der Waals surface area contributed by atoms with Gasteiger partial charge in [0, 0.05) is 7.11 Å². The summed E-state index contributed by atoms with van der Waals surface area (Å²) in [5, 5.41) is 18.8. The molecule has 10 heteroatoms. The highest BCUT2D eigenvalue weighted by Gasteiger charge is 2.09. The average Bonchev–Trinajstić information content (AvgIpc) is 2.80. The topological polar surface area (TPSA) is 111 Å². The Morgan fingerprint density at radius 2 is 2.21 bits per heavy atom. The first-order valence-corrected chi connectivity index (χ1v) is 6.96. The number of aromatic nitrogens is 2. The minimum absolute atomic E-state index is 0.0945. The maximum Gasteiger partial charge on any atom is 0.313 e. The molecule has 0 aliphatic heterocycles. The molecular formula is C9H13N3O5S2. The number of amides is 1. The summed E-state index contributed by atoms with van der Waals surface area (Å²) >= 11 is 2.16. The number of carboxylic acids is 1. The molecule has 0 atom stereocenters. The van der Waals surface area contributed by atoms with Gasteiger partial charge in [-0.3, -0.25) is 14.9 Å². The van der Waals surface area contributed by atoms with E-state index in [4.69, 9.17) is 14.6 Å². The maximum atomic E-state index is 11.4. The normalized spacial score (nSPS) is 10.4. The van der Waals surface area contributed by atoms with Gasteiger partial charge in [0.1, 0.15) is 6.61 Å². The van der Waals surface area contributed by atoms with Crippen LogP contribution in [0.2, 0.25) is 0 Å². The minimum Gasteiger partial charge on any atom is -0.481 e. The molecule has 0 unspecified atom stereocenters. The number of aliphatic carboxylic acids is 1. The molecule has 1 amide bonds. The Bertz CT molecular complexity index is 426. The quantitative estimate of drug-likeness (QED) is 0.381. The Balaban J connectivity index is 2.28. The first kappa shape index (κ1) is 15.8. The smallest absolute Gasteiger partial charge is 0.313 e. The molecule has 0 aliphatic carbocycles. The Hall–Kier alpha value is -1.23. The summed E-state index contributed by atoms with van der Waals surface area (Å²) < 4.78 is 10.3. The number of methoxy groups -OCH3 is 1. The number of carbonyl (C=O) groups excluding carboxylic acids is 1. The zero-order valence-corrected chi connectivity index (χ0v) is 11.8. The van der Waals surface area contributed by atoms with Crippen LogP contribution in [-0.4, -0.2) is 59.9 Å². The second kappa shape index (κ2) is 8.80. The van der Waals surface area contributed by atoms with Gasteiger partial charge in [0.15, 0.2) is 4.34 Å². The minimum atomic E-state index is -0.933. The number of thioether (sulfide) groups is 1. The van der Waals surface area contributed by atoms with Gasteiger partial charge in [-0.05, 0) is 0 Å².